The number of aryl methyl sites for hydroxylation is 1. The van der Waals surface area contributed by atoms with Gasteiger partial charge in [0.25, 0.3) is 5.91 Å². The maximum absolute atomic E-state index is 12.4. The first-order valence-electron chi connectivity index (χ1n) is 9.87. The van der Waals surface area contributed by atoms with E-state index in [9.17, 15) is 22.8 Å². The highest BCUT2D eigenvalue weighted by Crippen LogP contribution is 2.47. The lowest BCUT2D eigenvalue weighted by atomic mass is 10.3. The summed E-state index contributed by atoms with van der Waals surface area (Å²) in [5.74, 6) is -2.65. The van der Waals surface area contributed by atoms with Crippen LogP contribution in [-0.4, -0.2) is 64.8 Å². The van der Waals surface area contributed by atoms with Gasteiger partial charge < -0.3 is 25.0 Å². The number of carbonyl (C=O) groups excluding carboxylic acids is 2. The predicted octanol–water partition coefficient (Wildman–Crippen LogP) is 3.76. The summed E-state index contributed by atoms with van der Waals surface area (Å²) in [7, 11) is 0. The largest absolute Gasteiger partial charge is 0.490 e. The molecule has 2 fully saturated rings. The first-order valence-corrected chi connectivity index (χ1v) is 11.5. The number of amides is 1. The number of aromatic amines is 1. The van der Waals surface area contributed by atoms with Gasteiger partial charge in [0.05, 0.1) is 16.7 Å². The number of esters is 1. The smallest absolute Gasteiger partial charge is 0.475 e. The van der Waals surface area contributed by atoms with E-state index in [1.54, 1.807) is 19.2 Å². The van der Waals surface area contributed by atoms with Gasteiger partial charge in [0, 0.05) is 42.0 Å². The Bertz CT molecular complexity index is 1090. The topological polar surface area (TPSA) is 125 Å². The zero-order valence-corrected chi connectivity index (χ0v) is 20.0. The summed E-state index contributed by atoms with van der Waals surface area (Å²) in [4.78, 5) is 42.5. The van der Waals surface area contributed by atoms with E-state index in [1.807, 2.05) is 0 Å². The molecule has 15 heteroatoms. The monoisotopic (exact) mass is 542 g/mol. The second kappa shape index (κ2) is 10.0. The van der Waals surface area contributed by atoms with Gasteiger partial charge in [0.1, 0.15) is 5.69 Å². The Morgan fingerprint density at radius 2 is 1.88 bits per heavy atom. The number of H-pyrrole nitrogens is 1. The van der Waals surface area contributed by atoms with Gasteiger partial charge in [-0.15, -0.1) is 11.3 Å². The summed E-state index contributed by atoms with van der Waals surface area (Å²) in [5, 5.41) is 13.3. The van der Waals surface area contributed by atoms with E-state index in [4.69, 9.17) is 37.8 Å². The molecule has 3 heterocycles. The Kier molecular flexibility index (Phi) is 7.68. The van der Waals surface area contributed by atoms with Gasteiger partial charge in [-0.05, 0) is 13.8 Å². The van der Waals surface area contributed by atoms with Crippen LogP contribution in [0.1, 0.15) is 33.6 Å². The van der Waals surface area contributed by atoms with E-state index < -0.39 is 18.1 Å². The van der Waals surface area contributed by atoms with E-state index in [0.717, 1.165) is 18.2 Å². The van der Waals surface area contributed by atoms with Crippen molar-refractivity contribution in [1.82, 2.24) is 15.3 Å². The number of carbonyl (C=O) groups is 3. The Hall–Kier alpha value is -2.51. The van der Waals surface area contributed by atoms with Crippen molar-refractivity contribution in [2.75, 3.05) is 24.6 Å². The molecular formula is C19H19Cl2F3N4O5S. The Morgan fingerprint density at radius 1 is 1.29 bits per heavy atom. The number of carboxylic acids is 1. The lowest BCUT2D eigenvalue weighted by Gasteiger charge is -2.19. The number of halogens is 5. The van der Waals surface area contributed by atoms with E-state index in [1.165, 1.54) is 11.3 Å². The number of anilines is 1. The summed E-state index contributed by atoms with van der Waals surface area (Å²) in [6, 6.07) is 0.122. The molecule has 0 radical (unpaired) electrons. The zero-order chi connectivity index (χ0) is 25.4. The summed E-state index contributed by atoms with van der Waals surface area (Å²) >= 11 is 13.6. The number of fused-ring (bicyclic) bond motifs is 1. The highest BCUT2D eigenvalue weighted by Gasteiger charge is 2.57. The van der Waals surface area contributed by atoms with Crippen molar-refractivity contribution in [3.8, 4) is 0 Å². The van der Waals surface area contributed by atoms with E-state index in [-0.39, 0.29) is 17.0 Å². The van der Waals surface area contributed by atoms with E-state index >= 15 is 0 Å². The third kappa shape index (κ3) is 5.58. The minimum absolute atomic E-state index is 0.122. The molecule has 2 aliphatic rings. The van der Waals surface area contributed by atoms with E-state index in [2.05, 4.69) is 20.2 Å². The number of carboxylic acid groups (broad SMARTS) is 1. The molecule has 1 aliphatic heterocycles. The van der Waals surface area contributed by atoms with Gasteiger partial charge in [-0.25, -0.2) is 14.6 Å². The molecule has 2 aromatic heterocycles. The first kappa shape index (κ1) is 26.1. The van der Waals surface area contributed by atoms with Crippen LogP contribution in [0.25, 0.3) is 0 Å². The van der Waals surface area contributed by atoms with Crippen molar-refractivity contribution >= 4 is 57.5 Å². The zero-order valence-electron chi connectivity index (χ0n) is 17.7. The third-order valence-electron chi connectivity index (χ3n) is 5.26. The molecule has 0 spiro atoms. The fourth-order valence-corrected chi connectivity index (χ4v) is 4.79. The van der Waals surface area contributed by atoms with Crippen LogP contribution in [0.15, 0.2) is 5.38 Å². The van der Waals surface area contributed by atoms with Crippen LogP contribution in [0.2, 0.25) is 10.0 Å². The normalized spacial score (nSPS) is 20.8. The molecule has 4 rings (SSSR count). The van der Waals surface area contributed by atoms with Gasteiger partial charge in [-0.2, -0.15) is 13.2 Å². The maximum Gasteiger partial charge on any atom is 0.490 e. The van der Waals surface area contributed by atoms with Crippen LogP contribution >= 0.6 is 34.5 Å². The number of hydrogen-bond acceptors (Lipinski definition) is 7. The third-order valence-corrected chi connectivity index (χ3v) is 7.11. The molecule has 0 bridgehead atoms. The number of alkyl halides is 3. The average molecular weight is 543 g/mol. The molecule has 2 aromatic rings. The molecule has 1 aliphatic carbocycles. The number of aromatic nitrogens is 2. The molecule has 0 unspecified atom stereocenters. The molecule has 0 aromatic carbocycles. The molecule has 1 saturated heterocycles. The number of piperidine rings is 1. The Morgan fingerprint density at radius 3 is 2.35 bits per heavy atom. The minimum atomic E-state index is -5.08. The number of thiazole rings is 1. The van der Waals surface area contributed by atoms with Crippen molar-refractivity contribution in [3.63, 3.8) is 0 Å². The average Bonchev–Trinajstić information content (AvgIpc) is 3.19. The fourth-order valence-electron chi connectivity index (χ4n) is 3.56. The predicted molar refractivity (Wildman–Crippen MR) is 118 cm³/mol. The minimum Gasteiger partial charge on any atom is -0.475 e. The quantitative estimate of drug-likeness (QED) is 0.491. The van der Waals surface area contributed by atoms with Crippen molar-refractivity contribution in [3.05, 3.63) is 32.5 Å². The number of rotatable bonds is 5. The summed E-state index contributed by atoms with van der Waals surface area (Å²) in [6.07, 6.45) is -5.08. The molecule has 1 amide bonds. The van der Waals surface area contributed by atoms with Gasteiger partial charge in [0.2, 0.25) is 0 Å². The van der Waals surface area contributed by atoms with Crippen molar-refractivity contribution in [1.29, 1.82) is 0 Å². The summed E-state index contributed by atoms with van der Waals surface area (Å²) in [6.45, 7) is 5.46. The number of hydrogen-bond donors (Lipinski definition) is 3. The lowest BCUT2D eigenvalue weighted by molar-refractivity contribution is -0.192. The van der Waals surface area contributed by atoms with Crippen molar-refractivity contribution in [2.24, 2.45) is 11.8 Å². The van der Waals surface area contributed by atoms with Crippen LogP contribution < -0.4 is 10.2 Å². The summed E-state index contributed by atoms with van der Waals surface area (Å²) < 4.78 is 36.7. The van der Waals surface area contributed by atoms with E-state index in [0.29, 0.717) is 40.5 Å². The molecule has 1 saturated carbocycles. The second-order valence-electron chi connectivity index (χ2n) is 7.52. The van der Waals surface area contributed by atoms with Crippen LogP contribution in [0.3, 0.4) is 0 Å². The van der Waals surface area contributed by atoms with Crippen molar-refractivity contribution < 1.29 is 37.4 Å². The highest BCUT2D eigenvalue weighted by atomic mass is 35.5. The van der Waals surface area contributed by atoms with Crippen molar-refractivity contribution in [2.45, 2.75) is 26.1 Å². The van der Waals surface area contributed by atoms with Crippen LogP contribution in [0, 0.1) is 18.8 Å². The molecule has 34 heavy (non-hydrogen) atoms. The van der Waals surface area contributed by atoms with Gasteiger partial charge in [0.15, 0.2) is 10.8 Å². The highest BCUT2D eigenvalue weighted by molar-refractivity contribution is 7.13. The lowest BCUT2D eigenvalue weighted by Crippen LogP contribution is -2.34. The standard InChI is InChI=1S/C17H18Cl2N4O3S.C2HF3O2/c1-3-26-16(25)10-6-27-17(21-10)23-4-8-9(5-23)13(8)22-15(24)14-12(19)11(18)7(2)20-14;3-2(4,5)1(6)7/h6,8-9,13,20H,3-5H2,1-2H3,(H,22,24);(H,6,7)/t8-,9+,13-;. The summed E-state index contributed by atoms with van der Waals surface area (Å²) in [5.41, 5.74) is 1.33. The number of aliphatic carboxylic acids is 1. The molecule has 186 valence electrons. The molecular weight excluding hydrogens is 524 g/mol. The second-order valence-corrected chi connectivity index (χ2v) is 9.12. The van der Waals surface area contributed by atoms with Crippen LogP contribution in [-0.2, 0) is 9.53 Å². The van der Waals surface area contributed by atoms with Crippen LogP contribution in [0.4, 0.5) is 18.3 Å². The Balaban J connectivity index is 0.000000406. The molecule has 9 nitrogen and oxygen atoms in total. The van der Waals surface area contributed by atoms with Gasteiger partial charge >= 0.3 is 18.1 Å². The maximum atomic E-state index is 12.4. The number of ether oxygens (including phenoxy) is 1. The van der Waals surface area contributed by atoms with Gasteiger partial charge in [-0.3, -0.25) is 4.79 Å². The molecule has 3 atom stereocenters. The fraction of sp³-hybridized carbons (Fsp3) is 0.474. The first-order chi connectivity index (χ1) is 15.8. The number of nitrogens with one attached hydrogen (secondary N) is 2. The molecule has 3 N–H and O–H groups in total. The van der Waals surface area contributed by atoms with Gasteiger partial charge in [-0.1, -0.05) is 23.2 Å². The SMILES string of the molecule is CCOC(=O)c1csc(N2C[C@@H]3[C@H](C2)[C@@H]3NC(=O)c2[nH]c(C)c(Cl)c2Cl)n1.O=C(O)C(F)(F)F. The number of nitrogens with zero attached hydrogens (tertiary/aromatic N) is 2. The Labute approximate surface area is 205 Å². The van der Waals surface area contributed by atoms with Crippen LogP contribution in [0.5, 0.6) is 0 Å².